The molecular weight excluding hydrogens is 298 g/mol. The molecule has 1 atom stereocenters. The summed E-state index contributed by atoms with van der Waals surface area (Å²) >= 11 is 0. The molecule has 0 aliphatic heterocycles. The van der Waals surface area contributed by atoms with Gasteiger partial charge in [0.05, 0.1) is 0 Å². The van der Waals surface area contributed by atoms with E-state index in [0.717, 1.165) is 23.1 Å². The summed E-state index contributed by atoms with van der Waals surface area (Å²) in [6, 6.07) is 3.93. The van der Waals surface area contributed by atoms with Gasteiger partial charge in [0.2, 0.25) is 0 Å². The molecule has 1 aromatic carbocycles. The fourth-order valence-electron chi connectivity index (χ4n) is 2.49. The fourth-order valence-corrected chi connectivity index (χ4v) is 2.49. The molecule has 128 valence electrons. The molecule has 0 saturated carbocycles. The Hall–Kier alpha value is -0.770. The van der Waals surface area contributed by atoms with Gasteiger partial charge in [0, 0.05) is 12.6 Å². The second-order valence-electron chi connectivity index (χ2n) is 7.94. The minimum atomic E-state index is -0.142. The van der Waals surface area contributed by atoms with Crippen molar-refractivity contribution in [3.63, 3.8) is 0 Å². The van der Waals surface area contributed by atoms with Gasteiger partial charge in [-0.15, -0.1) is 12.4 Å². The van der Waals surface area contributed by atoms with E-state index in [1.54, 1.807) is 0 Å². The molecule has 3 nitrogen and oxygen atoms in total. The van der Waals surface area contributed by atoms with E-state index in [1.807, 2.05) is 12.1 Å². The minimum absolute atomic E-state index is 0. The Kier molecular flexibility index (Phi) is 7.40. The number of halogens is 1. The number of benzene rings is 1. The lowest BCUT2D eigenvalue weighted by molar-refractivity contribution is 0.280. The highest BCUT2D eigenvalue weighted by atomic mass is 35.5. The fraction of sp³-hybridized carbons (Fsp3) is 0.667. The van der Waals surface area contributed by atoms with Gasteiger partial charge in [-0.05, 0) is 40.4 Å². The number of phenols is 1. The van der Waals surface area contributed by atoms with Crippen LogP contribution in [0.1, 0.15) is 77.1 Å². The summed E-state index contributed by atoms with van der Waals surface area (Å²) in [6.45, 7) is 12.7. The third-order valence-corrected chi connectivity index (χ3v) is 3.85. The summed E-state index contributed by atoms with van der Waals surface area (Å²) in [6.07, 6.45) is 1.44. The standard InChI is InChI=1S/C18H31NO2.ClH/c1-17(2,3)13-10-12(15(19)8-7-9-20)11-14(16(13)21)18(4,5)6;/h10-11,15,20-21H,7-9,19H2,1-6H3;1H/t15-;/m1./s1. The van der Waals surface area contributed by atoms with Crippen molar-refractivity contribution in [1.29, 1.82) is 0 Å². The summed E-state index contributed by atoms with van der Waals surface area (Å²) in [5, 5.41) is 19.6. The molecule has 0 bridgehead atoms. The second kappa shape index (κ2) is 7.67. The van der Waals surface area contributed by atoms with E-state index in [2.05, 4.69) is 41.5 Å². The highest BCUT2D eigenvalue weighted by Crippen LogP contribution is 2.40. The van der Waals surface area contributed by atoms with E-state index < -0.39 is 0 Å². The topological polar surface area (TPSA) is 66.5 Å². The molecule has 4 N–H and O–H groups in total. The van der Waals surface area contributed by atoms with Crippen molar-refractivity contribution in [3.8, 4) is 5.75 Å². The van der Waals surface area contributed by atoms with Gasteiger partial charge >= 0.3 is 0 Å². The van der Waals surface area contributed by atoms with Gasteiger partial charge in [0.15, 0.2) is 0 Å². The van der Waals surface area contributed by atoms with Crippen molar-refractivity contribution >= 4 is 12.4 Å². The van der Waals surface area contributed by atoms with Crippen molar-refractivity contribution < 1.29 is 10.2 Å². The van der Waals surface area contributed by atoms with E-state index >= 15 is 0 Å². The first-order valence-corrected chi connectivity index (χ1v) is 7.72. The largest absolute Gasteiger partial charge is 0.507 e. The monoisotopic (exact) mass is 329 g/mol. The van der Waals surface area contributed by atoms with Crippen molar-refractivity contribution in [3.05, 3.63) is 28.8 Å². The summed E-state index contributed by atoms with van der Waals surface area (Å²) in [7, 11) is 0. The number of aromatic hydroxyl groups is 1. The first-order chi connectivity index (χ1) is 9.48. The number of phenolic OH excluding ortho intramolecular Hbond substituents is 1. The zero-order valence-corrected chi connectivity index (χ0v) is 15.5. The summed E-state index contributed by atoms with van der Waals surface area (Å²) in [4.78, 5) is 0. The van der Waals surface area contributed by atoms with Gasteiger partial charge < -0.3 is 15.9 Å². The Morgan fingerprint density at radius 1 is 1.00 bits per heavy atom. The van der Waals surface area contributed by atoms with Crippen molar-refractivity contribution in [2.45, 2.75) is 71.3 Å². The van der Waals surface area contributed by atoms with E-state index in [9.17, 15) is 5.11 Å². The normalized spacial score (nSPS) is 13.6. The van der Waals surface area contributed by atoms with Crippen LogP contribution in [0, 0.1) is 0 Å². The lowest BCUT2D eigenvalue weighted by atomic mass is 9.77. The third kappa shape index (κ3) is 5.15. The highest BCUT2D eigenvalue weighted by molar-refractivity contribution is 5.85. The van der Waals surface area contributed by atoms with Crippen molar-refractivity contribution in [1.82, 2.24) is 0 Å². The van der Waals surface area contributed by atoms with E-state index in [1.165, 1.54) is 0 Å². The predicted octanol–water partition coefficient (Wildman–Crippen LogP) is 4.18. The Bertz CT molecular complexity index is 452. The number of aliphatic hydroxyl groups is 1. The average Bonchev–Trinajstić information content (AvgIpc) is 2.33. The SMILES string of the molecule is CC(C)(C)c1cc([C@H](N)CCCO)cc(C(C)(C)C)c1O.Cl. The Balaban J connectivity index is 0.00000441. The van der Waals surface area contributed by atoms with Crippen LogP contribution in [0.25, 0.3) is 0 Å². The molecule has 4 heteroatoms. The summed E-state index contributed by atoms with van der Waals surface area (Å²) in [5.74, 6) is 0.383. The highest BCUT2D eigenvalue weighted by Gasteiger charge is 2.27. The number of rotatable bonds is 4. The lowest BCUT2D eigenvalue weighted by Gasteiger charge is -2.29. The van der Waals surface area contributed by atoms with Crippen LogP contribution in [0.4, 0.5) is 0 Å². The van der Waals surface area contributed by atoms with Crippen LogP contribution < -0.4 is 5.73 Å². The van der Waals surface area contributed by atoms with E-state index in [4.69, 9.17) is 10.8 Å². The zero-order valence-electron chi connectivity index (χ0n) is 14.7. The van der Waals surface area contributed by atoms with Gasteiger partial charge in [0.1, 0.15) is 5.75 Å². The van der Waals surface area contributed by atoms with Gasteiger partial charge in [-0.2, -0.15) is 0 Å². The summed E-state index contributed by atoms with van der Waals surface area (Å²) in [5.41, 5.74) is 8.89. The quantitative estimate of drug-likeness (QED) is 0.776. The van der Waals surface area contributed by atoms with E-state index in [0.29, 0.717) is 12.2 Å². The molecule has 0 aromatic heterocycles. The molecule has 0 saturated heterocycles. The van der Waals surface area contributed by atoms with Crippen LogP contribution in [0.2, 0.25) is 0 Å². The third-order valence-electron chi connectivity index (χ3n) is 3.85. The second-order valence-corrected chi connectivity index (χ2v) is 7.94. The maximum absolute atomic E-state index is 10.7. The maximum Gasteiger partial charge on any atom is 0.123 e. The average molecular weight is 330 g/mol. The molecule has 0 fully saturated rings. The van der Waals surface area contributed by atoms with Gasteiger partial charge in [0.25, 0.3) is 0 Å². The molecule has 0 heterocycles. The zero-order chi connectivity index (χ0) is 16.4. The molecule has 0 aliphatic rings. The molecular formula is C18H32ClNO2. The number of nitrogens with two attached hydrogens (primary N) is 1. The Morgan fingerprint density at radius 3 is 1.73 bits per heavy atom. The lowest BCUT2D eigenvalue weighted by Crippen LogP contribution is -2.20. The summed E-state index contributed by atoms with van der Waals surface area (Å²) < 4.78 is 0. The maximum atomic E-state index is 10.7. The van der Waals surface area contributed by atoms with Gasteiger partial charge in [-0.25, -0.2) is 0 Å². The van der Waals surface area contributed by atoms with Crippen LogP contribution in [-0.4, -0.2) is 16.8 Å². The van der Waals surface area contributed by atoms with Crippen molar-refractivity contribution in [2.75, 3.05) is 6.61 Å². The van der Waals surface area contributed by atoms with Crippen LogP contribution in [0.15, 0.2) is 12.1 Å². The van der Waals surface area contributed by atoms with E-state index in [-0.39, 0.29) is 35.9 Å². The van der Waals surface area contributed by atoms with Crippen LogP contribution >= 0.6 is 12.4 Å². The molecule has 1 aromatic rings. The minimum Gasteiger partial charge on any atom is -0.507 e. The smallest absolute Gasteiger partial charge is 0.123 e. The van der Waals surface area contributed by atoms with Crippen molar-refractivity contribution in [2.24, 2.45) is 5.73 Å². The molecule has 0 unspecified atom stereocenters. The Morgan fingerprint density at radius 2 is 1.41 bits per heavy atom. The number of aliphatic hydroxyl groups excluding tert-OH is 1. The molecule has 22 heavy (non-hydrogen) atoms. The number of hydrogen-bond donors (Lipinski definition) is 3. The Labute approximate surface area is 141 Å². The first kappa shape index (κ1) is 21.2. The van der Waals surface area contributed by atoms with Crippen LogP contribution in [-0.2, 0) is 10.8 Å². The molecule has 0 spiro atoms. The number of hydrogen-bond acceptors (Lipinski definition) is 3. The van der Waals surface area contributed by atoms with Gasteiger partial charge in [-0.3, -0.25) is 0 Å². The van der Waals surface area contributed by atoms with Crippen LogP contribution in [0.5, 0.6) is 5.75 Å². The molecule has 0 aliphatic carbocycles. The molecule has 0 amide bonds. The molecule has 1 rings (SSSR count). The first-order valence-electron chi connectivity index (χ1n) is 7.72. The van der Waals surface area contributed by atoms with Crippen LogP contribution in [0.3, 0.4) is 0 Å². The van der Waals surface area contributed by atoms with Gasteiger partial charge in [-0.1, -0.05) is 53.7 Å². The predicted molar refractivity (Wildman–Crippen MR) is 96.0 cm³/mol. The molecule has 0 radical (unpaired) electrons.